The molecule has 1 aromatic heterocycles. The normalized spacial score (nSPS) is 15.7. The molecule has 0 spiro atoms. The summed E-state index contributed by atoms with van der Waals surface area (Å²) < 4.78 is 10.7. The largest absolute Gasteiger partial charge is 0.497 e. The van der Waals surface area contributed by atoms with Crippen molar-refractivity contribution in [3.8, 4) is 22.8 Å². The second-order valence-electron chi connectivity index (χ2n) is 7.15. The monoisotopic (exact) mass is 437 g/mol. The maximum absolute atomic E-state index is 12.7. The van der Waals surface area contributed by atoms with Crippen LogP contribution in [0, 0.1) is 5.92 Å². The minimum absolute atomic E-state index is 0.118. The van der Waals surface area contributed by atoms with Gasteiger partial charge in [-0.15, -0.1) is 11.3 Å². The number of thiazole rings is 1. The van der Waals surface area contributed by atoms with Gasteiger partial charge in [0.25, 0.3) is 0 Å². The Bertz CT molecular complexity index is 1080. The summed E-state index contributed by atoms with van der Waals surface area (Å²) in [5.74, 6) is 0.472. The van der Waals surface area contributed by atoms with E-state index in [9.17, 15) is 9.59 Å². The lowest BCUT2D eigenvalue weighted by atomic mass is 10.1. The van der Waals surface area contributed by atoms with Crippen LogP contribution in [0.4, 0.5) is 5.69 Å². The molecule has 1 aliphatic heterocycles. The topological polar surface area (TPSA) is 80.8 Å². The van der Waals surface area contributed by atoms with Gasteiger partial charge in [0.15, 0.2) is 0 Å². The lowest BCUT2D eigenvalue weighted by Gasteiger charge is -2.20. The van der Waals surface area contributed by atoms with Crippen molar-refractivity contribution in [3.63, 3.8) is 0 Å². The average Bonchev–Trinajstić information content (AvgIpc) is 3.44. The highest BCUT2D eigenvalue weighted by molar-refractivity contribution is 7.09. The molecule has 8 heteroatoms. The highest BCUT2D eigenvalue weighted by Crippen LogP contribution is 2.36. The van der Waals surface area contributed by atoms with Crippen LogP contribution < -0.4 is 19.7 Å². The van der Waals surface area contributed by atoms with Gasteiger partial charge in [0.1, 0.15) is 16.5 Å². The molecule has 2 amide bonds. The van der Waals surface area contributed by atoms with Crippen LogP contribution in [0.1, 0.15) is 11.4 Å². The first-order chi connectivity index (χ1) is 15.1. The Morgan fingerprint density at radius 3 is 2.74 bits per heavy atom. The lowest BCUT2D eigenvalue weighted by molar-refractivity contribution is -0.126. The van der Waals surface area contributed by atoms with Crippen LogP contribution in [0.2, 0.25) is 0 Å². The van der Waals surface area contributed by atoms with E-state index in [2.05, 4.69) is 10.3 Å². The van der Waals surface area contributed by atoms with Gasteiger partial charge in [-0.25, -0.2) is 4.98 Å². The molecule has 4 rings (SSSR count). The van der Waals surface area contributed by atoms with Crippen molar-refractivity contribution < 1.29 is 19.1 Å². The molecule has 1 N–H and O–H groups in total. The van der Waals surface area contributed by atoms with Crippen molar-refractivity contribution in [2.24, 2.45) is 5.92 Å². The van der Waals surface area contributed by atoms with E-state index < -0.39 is 5.92 Å². The van der Waals surface area contributed by atoms with Gasteiger partial charge in [0.05, 0.1) is 38.1 Å². The molecule has 1 atom stereocenters. The minimum Gasteiger partial charge on any atom is -0.497 e. The first-order valence-electron chi connectivity index (χ1n) is 9.89. The van der Waals surface area contributed by atoms with Gasteiger partial charge < -0.3 is 19.7 Å². The molecular formula is C23H23N3O4S. The van der Waals surface area contributed by atoms with Crippen LogP contribution in [-0.2, 0) is 16.1 Å². The second-order valence-corrected chi connectivity index (χ2v) is 8.10. The van der Waals surface area contributed by atoms with Crippen molar-refractivity contribution in [1.29, 1.82) is 0 Å². The summed E-state index contributed by atoms with van der Waals surface area (Å²) in [5, 5.41) is 5.72. The van der Waals surface area contributed by atoms with E-state index in [-0.39, 0.29) is 18.2 Å². The summed E-state index contributed by atoms with van der Waals surface area (Å²) >= 11 is 1.50. The molecule has 1 fully saturated rings. The lowest BCUT2D eigenvalue weighted by Crippen LogP contribution is -2.32. The van der Waals surface area contributed by atoms with Gasteiger partial charge in [0, 0.05) is 30.0 Å². The highest BCUT2D eigenvalue weighted by Gasteiger charge is 2.36. The molecule has 1 aliphatic rings. The van der Waals surface area contributed by atoms with Crippen molar-refractivity contribution in [3.05, 3.63) is 58.9 Å². The molecule has 2 heterocycles. The number of anilines is 1. The number of aromatic nitrogens is 1. The summed E-state index contributed by atoms with van der Waals surface area (Å²) in [6, 6.07) is 15.2. The molecule has 2 aromatic carbocycles. The van der Waals surface area contributed by atoms with Gasteiger partial charge in [0.2, 0.25) is 11.8 Å². The van der Waals surface area contributed by atoms with Crippen molar-refractivity contribution in [2.75, 3.05) is 25.7 Å². The smallest absolute Gasteiger partial charge is 0.227 e. The van der Waals surface area contributed by atoms with Gasteiger partial charge >= 0.3 is 0 Å². The van der Waals surface area contributed by atoms with Crippen LogP contribution in [0.3, 0.4) is 0 Å². The Hall–Kier alpha value is -3.39. The number of ether oxygens (including phenoxy) is 2. The molecule has 0 aliphatic carbocycles. The summed E-state index contributed by atoms with van der Waals surface area (Å²) in [4.78, 5) is 31.5. The van der Waals surface area contributed by atoms with E-state index in [1.54, 1.807) is 37.3 Å². The quantitative estimate of drug-likeness (QED) is 0.612. The second kappa shape index (κ2) is 9.18. The van der Waals surface area contributed by atoms with E-state index in [0.717, 1.165) is 16.3 Å². The predicted molar refractivity (Wildman–Crippen MR) is 119 cm³/mol. The number of hydrogen-bond acceptors (Lipinski definition) is 6. The molecule has 160 valence electrons. The molecule has 7 nitrogen and oxygen atoms in total. The fourth-order valence-corrected chi connectivity index (χ4v) is 4.31. The number of carbonyl (C=O) groups is 2. The van der Waals surface area contributed by atoms with Crippen molar-refractivity contribution in [2.45, 2.75) is 13.0 Å². The van der Waals surface area contributed by atoms with Gasteiger partial charge in [-0.3, -0.25) is 9.59 Å². The molecule has 0 saturated carbocycles. The summed E-state index contributed by atoms with van der Waals surface area (Å²) in [7, 11) is 3.11. The third-order valence-corrected chi connectivity index (χ3v) is 6.06. The number of benzene rings is 2. The third kappa shape index (κ3) is 4.54. The molecule has 0 radical (unpaired) electrons. The number of hydrogen-bond donors (Lipinski definition) is 1. The van der Waals surface area contributed by atoms with Crippen LogP contribution in [0.5, 0.6) is 11.5 Å². The van der Waals surface area contributed by atoms with E-state index in [1.807, 2.05) is 35.7 Å². The number of methoxy groups -OCH3 is 2. The van der Waals surface area contributed by atoms with Crippen LogP contribution >= 0.6 is 11.3 Å². The fourth-order valence-electron chi connectivity index (χ4n) is 3.56. The Balaban J connectivity index is 1.40. The fraction of sp³-hybridized carbons (Fsp3) is 0.261. The molecule has 1 saturated heterocycles. The number of nitrogens with zero attached hydrogens (tertiary/aromatic N) is 2. The summed E-state index contributed by atoms with van der Waals surface area (Å²) in [6.07, 6.45) is 0.152. The maximum Gasteiger partial charge on any atom is 0.227 e. The molecular weight excluding hydrogens is 414 g/mol. The van der Waals surface area contributed by atoms with E-state index in [4.69, 9.17) is 9.47 Å². The number of rotatable bonds is 7. The number of amides is 2. The Labute approximate surface area is 184 Å². The zero-order chi connectivity index (χ0) is 21.8. The predicted octanol–water partition coefficient (Wildman–Crippen LogP) is 3.50. The van der Waals surface area contributed by atoms with E-state index in [1.165, 1.54) is 11.3 Å². The first kappa shape index (κ1) is 20.9. The van der Waals surface area contributed by atoms with E-state index >= 15 is 0 Å². The van der Waals surface area contributed by atoms with Crippen molar-refractivity contribution >= 4 is 28.8 Å². The number of nitrogens with one attached hydrogen (secondary N) is 1. The minimum atomic E-state index is -0.433. The summed E-state index contributed by atoms with van der Waals surface area (Å²) in [6.45, 7) is 0.630. The molecule has 1 unspecified atom stereocenters. The third-order valence-electron chi connectivity index (χ3n) is 5.21. The zero-order valence-corrected chi connectivity index (χ0v) is 18.1. The highest BCUT2D eigenvalue weighted by atomic mass is 32.1. The van der Waals surface area contributed by atoms with Crippen LogP contribution in [0.15, 0.2) is 53.9 Å². The van der Waals surface area contributed by atoms with E-state index in [0.29, 0.717) is 30.3 Å². The first-order valence-corrected chi connectivity index (χ1v) is 10.8. The SMILES string of the molecule is COc1ccc(OC)c(N2CC(C(=O)NCc3nc(-c4ccccc4)cs3)CC2=O)c1. The van der Waals surface area contributed by atoms with Gasteiger partial charge in [-0.2, -0.15) is 0 Å². The number of carbonyl (C=O) groups excluding carboxylic acids is 2. The summed E-state index contributed by atoms with van der Waals surface area (Å²) in [5.41, 5.74) is 2.54. The Morgan fingerprint density at radius 2 is 2.00 bits per heavy atom. The molecule has 0 bridgehead atoms. The van der Waals surface area contributed by atoms with Crippen LogP contribution in [-0.4, -0.2) is 37.6 Å². The molecule has 31 heavy (non-hydrogen) atoms. The maximum atomic E-state index is 12.7. The van der Waals surface area contributed by atoms with Crippen LogP contribution in [0.25, 0.3) is 11.3 Å². The average molecular weight is 438 g/mol. The zero-order valence-electron chi connectivity index (χ0n) is 17.3. The van der Waals surface area contributed by atoms with Gasteiger partial charge in [-0.1, -0.05) is 30.3 Å². The Morgan fingerprint density at radius 1 is 1.19 bits per heavy atom. The van der Waals surface area contributed by atoms with Crippen molar-refractivity contribution in [1.82, 2.24) is 10.3 Å². The Kier molecular flexibility index (Phi) is 6.18. The standard InChI is InChI=1S/C23H23N3O4S/c1-29-17-8-9-20(30-2)19(11-17)26-13-16(10-22(26)27)23(28)24-12-21-25-18(14-31-21)15-6-4-3-5-7-15/h3-9,11,14,16H,10,12-13H2,1-2H3,(H,24,28). The van der Waals surface area contributed by atoms with Gasteiger partial charge in [-0.05, 0) is 12.1 Å². The molecule has 3 aromatic rings.